The van der Waals surface area contributed by atoms with Crippen molar-refractivity contribution in [3.05, 3.63) is 95.1 Å². The van der Waals surface area contributed by atoms with Crippen molar-refractivity contribution in [3.8, 4) is 22.9 Å². The van der Waals surface area contributed by atoms with Crippen LogP contribution in [0.5, 0.6) is 0 Å². The number of aromatic nitrogens is 2. The second-order valence-electron chi connectivity index (χ2n) is 7.62. The third kappa shape index (κ3) is 3.50. The van der Waals surface area contributed by atoms with Gasteiger partial charge in [-0.1, -0.05) is 42.0 Å². The van der Waals surface area contributed by atoms with Crippen LogP contribution >= 0.6 is 0 Å². The first-order chi connectivity index (χ1) is 14.7. The van der Waals surface area contributed by atoms with Gasteiger partial charge in [-0.25, -0.2) is 0 Å². The Bertz CT molecular complexity index is 1210. The normalized spacial score (nSPS) is 15.0. The first kappa shape index (κ1) is 18.3. The van der Waals surface area contributed by atoms with E-state index in [9.17, 15) is 4.79 Å². The molecule has 0 fully saturated rings. The van der Waals surface area contributed by atoms with Gasteiger partial charge in [0.1, 0.15) is 0 Å². The Hall–Kier alpha value is -3.73. The Balaban J connectivity index is 1.31. The maximum atomic E-state index is 12.7. The summed E-state index contributed by atoms with van der Waals surface area (Å²) >= 11 is 0. The highest BCUT2D eigenvalue weighted by atomic mass is 16.4. The summed E-state index contributed by atoms with van der Waals surface area (Å²) < 4.78 is 5.83. The van der Waals surface area contributed by atoms with Crippen molar-refractivity contribution in [2.45, 2.75) is 25.8 Å². The van der Waals surface area contributed by atoms with Crippen LogP contribution < -0.4 is 5.32 Å². The number of fused-ring (bicyclic) bond motifs is 1. The van der Waals surface area contributed by atoms with Gasteiger partial charge in [-0.3, -0.25) is 4.79 Å². The predicted octanol–water partition coefficient (Wildman–Crippen LogP) is 5.13. The van der Waals surface area contributed by atoms with Gasteiger partial charge in [-0.05, 0) is 67.3 Å². The summed E-state index contributed by atoms with van der Waals surface area (Å²) in [6.07, 6.45) is 1.94. The topological polar surface area (TPSA) is 68.0 Å². The van der Waals surface area contributed by atoms with Crippen molar-refractivity contribution in [2.24, 2.45) is 0 Å². The first-order valence-corrected chi connectivity index (χ1v) is 10.1. The molecule has 1 unspecified atom stereocenters. The summed E-state index contributed by atoms with van der Waals surface area (Å²) in [5.41, 5.74) is 5.95. The summed E-state index contributed by atoms with van der Waals surface area (Å²) in [5.74, 6) is 0.841. The van der Waals surface area contributed by atoms with Gasteiger partial charge >= 0.3 is 0 Å². The lowest BCUT2D eigenvalue weighted by Gasteiger charge is -2.14. The van der Waals surface area contributed by atoms with E-state index in [1.807, 2.05) is 55.5 Å². The van der Waals surface area contributed by atoms with Gasteiger partial charge in [-0.15, -0.1) is 10.2 Å². The first-order valence-electron chi connectivity index (χ1n) is 10.1. The molecule has 1 heterocycles. The molecule has 5 nitrogen and oxygen atoms in total. The van der Waals surface area contributed by atoms with Crippen molar-refractivity contribution in [3.63, 3.8) is 0 Å². The third-order valence-corrected chi connectivity index (χ3v) is 5.52. The molecule has 148 valence electrons. The van der Waals surface area contributed by atoms with Gasteiger partial charge in [0.2, 0.25) is 11.8 Å². The molecular weight excluding hydrogens is 374 g/mol. The molecule has 0 spiro atoms. The SMILES string of the molecule is Cc1cccc(-c2nnc(-c3ccc(C(=O)NC4CCc5ccccc54)cc3)o2)c1. The zero-order valence-electron chi connectivity index (χ0n) is 16.6. The minimum atomic E-state index is -0.0748. The van der Waals surface area contributed by atoms with Gasteiger partial charge in [0, 0.05) is 16.7 Å². The average Bonchev–Trinajstić information content (AvgIpc) is 3.42. The molecule has 4 aromatic rings. The minimum Gasteiger partial charge on any atom is -0.416 e. The molecule has 1 atom stereocenters. The fraction of sp³-hybridized carbons (Fsp3) is 0.160. The zero-order valence-corrected chi connectivity index (χ0v) is 16.6. The highest BCUT2D eigenvalue weighted by Crippen LogP contribution is 2.31. The van der Waals surface area contributed by atoms with E-state index in [1.54, 1.807) is 12.1 Å². The number of amides is 1. The Morgan fingerprint density at radius 3 is 2.50 bits per heavy atom. The molecular formula is C25H21N3O2. The van der Waals surface area contributed by atoms with Crippen LogP contribution in [0.25, 0.3) is 22.9 Å². The largest absolute Gasteiger partial charge is 0.416 e. The van der Waals surface area contributed by atoms with Crippen LogP contribution in [0.1, 0.15) is 39.5 Å². The lowest BCUT2D eigenvalue weighted by Crippen LogP contribution is -2.27. The minimum absolute atomic E-state index is 0.0706. The monoisotopic (exact) mass is 395 g/mol. The van der Waals surface area contributed by atoms with E-state index in [0.29, 0.717) is 17.3 Å². The molecule has 0 radical (unpaired) electrons. The molecule has 0 saturated heterocycles. The quantitative estimate of drug-likeness (QED) is 0.520. The fourth-order valence-corrected chi connectivity index (χ4v) is 3.95. The van der Waals surface area contributed by atoms with Crippen molar-refractivity contribution < 1.29 is 9.21 Å². The molecule has 1 amide bonds. The van der Waals surface area contributed by atoms with Crippen molar-refractivity contribution >= 4 is 5.91 Å². The van der Waals surface area contributed by atoms with E-state index in [2.05, 4.69) is 27.6 Å². The van der Waals surface area contributed by atoms with Crippen LogP contribution in [-0.4, -0.2) is 16.1 Å². The third-order valence-electron chi connectivity index (χ3n) is 5.52. The number of rotatable bonds is 4. The zero-order chi connectivity index (χ0) is 20.5. The molecule has 3 aromatic carbocycles. The smallest absolute Gasteiger partial charge is 0.251 e. The fourth-order valence-electron chi connectivity index (χ4n) is 3.95. The molecule has 1 N–H and O–H groups in total. The number of nitrogens with one attached hydrogen (secondary N) is 1. The second-order valence-corrected chi connectivity index (χ2v) is 7.62. The van der Waals surface area contributed by atoms with Crippen molar-refractivity contribution in [2.75, 3.05) is 0 Å². The van der Waals surface area contributed by atoms with Gasteiger partial charge in [0.15, 0.2) is 0 Å². The number of carbonyl (C=O) groups excluding carboxylic acids is 1. The highest BCUT2D eigenvalue weighted by Gasteiger charge is 2.23. The summed E-state index contributed by atoms with van der Waals surface area (Å²) in [5, 5.41) is 11.5. The van der Waals surface area contributed by atoms with Gasteiger partial charge in [-0.2, -0.15) is 0 Å². The Morgan fingerprint density at radius 2 is 1.70 bits per heavy atom. The average molecular weight is 395 g/mol. The van der Waals surface area contributed by atoms with E-state index < -0.39 is 0 Å². The number of nitrogens with zero attached hydrogens (tertiary/aromatic N) is 2. The van der Waals surface area contributed by atoms with E-state index in [4.69, 9.17) is 4.42 Å². The van der Waals surface area contributed by atoms with E-state index in [-0.39, 0.29) is 11.9 Å². The predicted molar refractivity (Wildman–Crippen MR) is 115 cm³/mol. The van der Waals surface area contributed by atoms with Crippen LogP contribution in [-0.2, 0) is 6.42 Å². The number of benzene rings is 3. The Labute approximate surface area is 174 Å². The van der Waals surface area contributed by atoms with Crippen LogP contribution in [0.2, 0.25) is 0 Å². The number of hydrogen-bond donors (Lipinski definition) is 1. The summed E-state index contributed by atoms with van der Waals surface area (Å²) in [7, 11) is 0. The maximum Gasteiger partial charge on any atom is 0.251 e. The van der Waals surface area contributed by atoms with Gasteiger partial charge in [0.25, 0.3) is 5.91 Å². The molecule has 1 aliphatic carbocycles. The van der Waals surface area contributed by atoms with Crippen molar-refractivity contribution in [1.82, 2.24) is 15.5 Å². The highest BCUT2D eigenvalue weighted by molar-refractivity contribution is 5.95. The molecule has 0 aliphatic heterocycles. The Kier molecular flexibility index (Phi) is 4.64. The molecule has 30 heavy (non-hydrogen) atoms. The second kappa shape index (κ2) is 7.59. The molecule has 1 aromatic heterocycles. The van der Waals surface area contributed by atoms with Crippen LogP contribution in [0.4, 0.5) is 0 Å². The van der Waals surface area contributed by atoms with E-state index in [0.717, 1.165) is 29.5 Å². The summed E-state index contributed by atoms with van der Waals surface area (Å²) in [4.78, 5) is 12.7. The van der Waals surface area contributed by atoms with Crippen LogP contribution in [0.3, 0.4) is 0 Å². The summed E-state index contributed by atoms with van der Waals surface area (Å²) in [6, 6.07) is 23.6. The molecule has 5 heteroatoms. The lowest BCUT2D eigenvalue weighted by molar-refractivity contribution is 0.0936. The van der Waals surface area contributed by atoms with Crippen LogP contribution in [0.15, 0.2) is 77.2 Å². The van der Waals surface area contributed by atoms with Gasteiger partial charge < -0.3 is 9.73 Å². The van der Waals surface area contributed by atoms with Crippen LogP contribution in [0, 0.1) is 6.92 Å². The number of aryl methyl sites for hydroxylation is 2. The van der Waals surface area contributed by atoms with E-state index >= 15 is 0 Å². The standard InChI is InChI=1S/C25H21N3O2/c1-16-5-4-7-20(15-16)25-28-27-24(30-25)19-11-9-18(10-12-19)23(29)26-22-14-13-17-6-2-3-8-21(17)22/h2-12,15,22H,13-14H2,1H3,(H,26,29). The van der Waals surface area contributed by atoms with E-state index in [1.165, 1.54) is 11.1 Å². The maximum absolute atomic E-state index is 12.7. The molecule has 0 saturated carbocycles. The molecule has 5 rings (SSSR count). The number of hydrogen-bond acceptors (Lipinski definition) is 4. The lowest BCUT2D eigenvalue weighted by atomic mass is 10.1. The Morgan fingerprint density at radius 1 is 0.933 bits per heavy atom. The number of carbonyl (C=O) groups is 1. The molecule has 0 bridgehead atoms. The van der Waals surface area contributed by atoms with Gasteiger partial charge in [0.05, 0.1) is 6.04 Å². The van der Waals surface area contributed by atoms with Crippen molar-refractivity contribution in [1.29, 1.82) is 0 Å². The summed E-state index contributed by atoms with van der Waals surface area (Å²) in [6.45, 7) is 2.02. The molecule has 1 aliphatic rings.